The zero-order valence-electron chi connectivity index (χ0n) is 11.7. The first kappa shape index (κ1) is 15.8. The number of halogens is 1. The van der Waals surface area contributed by atoms with Crippen LogP contribution in [0.15, 0.2) is 30.3 Å². The Morgan fingerprint density at radius 1 is 1.25 bits per heavy atom. The fourth-order valence-electron chi connectivity index (χ4n) is 2.69. The molecule has 1 saturated heterocycles. The maximum atomic E-state index is 12.4. The van der Waals surface area contributed by atoms with Gasteiger partial charge in [-0.2, -0.15) is 0 Å². The summed E-state index contributed by atoms with van der Waals surface area (Å²) in [5.74, 6) is 1.24. The fourth-order valence-corrected chi connectivity index (χ4v) is 4.60. The van der Waals surface area contributed by atoms with Gasteiger partial charge in [-0.05, 0) is 37.2 Å². The summed E-state index contributed by atoms with van der Waals surface area (Å²) >= 11 is 5.77. The lowest BCUT2D eigenvalue weighted by molar-refractivity contribution is 0.262. The molecule has 1 heterocycles. The quantitative estimate of drug-likeness (QED) is 0.757. The molecule has 0 bridgehead atoms. The molecule has 0 aliphatic carbocycles. The summed E-state index contributed by atoms with van der Waals surface area (Å²) in [6.07, 6.45) is 3.54. The van der Waals surface area contributed by atoms with Crippen molar-refractivity contribution in [3.05, 3.63) is 35.9 Å². The number of hydrogen-bond donors (Lipinski definition) is 0. The van der Waals surface area contributed by atoms with E-state index in [2.05, 4.69) is 0 Å². The molecule has 1 aliphatic heterocycles. The number of alkyl halides is 1. The van der Waals surface area contributed by atoms with E-state index in [4.69, 9.17) is 11.6 Å². The molecule has 0 aromatic heterocycles. The Morgan fingerprint density at radius 2 is 2.00 bits per heavy atom. The van der Waals surface area contributed by atoms with Gasteiger partial charge in [0.1, 0.15) is 0 Å². The Bertz CT molecular complexity index is 502. The molecule has 20 heavy (non-hydrogen) atoms. The van der Waals surface area contributed by atoms with Gasteiger partial charge in [0, 0.05) is 19.0 Å². The molecule has 5 heteroatoms. The maximum absolute atomic E-state index is 12.4. The highest BCUT2D eigenvalue weighted by Gasteiger charge is 2.28. The lowest BCUT2D eigenvalue weighted by Gasteiger charge is -2.31. The highest BCUT2D eigenvalue weighted by molar-refractivity contribution is 7.89. The van der Waals surface area contributed by atoms with E-state index in [9.17, 15) is 8.42 Å². The molecule has 0 saturated carbocycles. The van der Waals surface area contributed by atoms with Crippen molar-refractivity contribution in [2.75, 3.05) is 24.7 Å². The van der Waals surface area contributed by atoms with Crippen molar-refractivity contribution in [1.29, 1.82) is 0 Å². The van der Waals surface area contributed by atoms with Crippen molar-refractivity contribution >= 4 is 21.6 Å². The molecule has 3 nitrogen and oxygen atoms in total. The van der Waals surface area contributed by atoms with Crippen LogP contribution in [0.1, 0.15) is 24.8 Å². The van der Waals surface area contributed by atoms with Crippen molar-refractivity contribution in [2.24, 2.45) is 5.92 Å². The summed E-state index contributed by atoms with van der Waals surface area (Å²) in [6, 6.07) is 9.78. The number of sulfonamides is 1. The molecule has 1 aromatic carbocycles. The van der Waals surface area contributed by atoms with E-state index in [1.54, 1.807) is 4.31 Å². The van der Waals surface area contributed by atoms with Gasteiger partial charge in [0.05, 0.1) is 5.75 Å². The second-order valence-corrected chi connectivity index (χ2v) is 7.86. The Labute approximate surface area is 127 Å². The average molecular weight is 316 g/mol. The standard InChI is InChI=1S/C15H22ClNO2S/c16-10-8-15-7-4-11-17(13-15)20(18,19)12-9-14-5-2-1-3-6-14/h1-3,5-6,15H,4,7-13H2. The maximum Gasteiger partial charge on any atom is 0.214 e. The van der Waals surface area contributed by atoms with Crippen molar-refractivity contribution in [3.8, 4) is 0 Å². The predicted octanol–water partition coefficient (Wildman–Crippen LogP) is 2.90. The molecular formula is C15H22ClNO2S. The third-order valence-electron chi connectivity index (χ3n) is 3.88. The van der Waals surface area contributed by atoms with Gasteiger partial charge in [0.2, 0.25) is 10.0 Å². The molecule has 0 radical (unpaired) electrons. The van der Waals surface area contributed by atoms with Gasteiger partial charge in [-0.25, -0.2) is 12.7 Å². The molecule has 0 N–H and O–H groups in total. The Kier molecular flexibility index (Phi) is 5.87. The smallest absolute Gasteiger partial charge is 0.212 e. The van der Waals surface area contributed by atoms with Gasteiger partial charge < -0.3 is 0 Å². The van der Waals surface area contributed by atoms with Crippen molar-refractivity contribution in [1.82, 2.24) is 4.31 Å². The summed E-state index contributed by atoms with van der Waals surface area (Å²) in [4.78, 5) is 0. The Balaban J connectivity index is 1.92. The number of rotatable bonds is 6. The monoisotopic (exact) mass is 315 g/mol. The summed E-state index contributed by atoms with van der Waals surface area (Å²) < 4.78 is 26.5. The molecule has 112 valence electrons. The highest BCUT2D eigenvalue weighted by Crippen LogP contribution is 2.22. The lowest BCUT2D eigenvalue weighted by atomic mass is 9.97. The van der Waals surface area contributed by atoms with E-state index in [0.29, 0.717) is 31.3 Å². The van der Waals surface area contributed by atoms with Crippen LogP contribution in [-0.4, -0.2) is 37.4 Å². The molecule has 0 spiro atoms. The molecule has 1 unspecified atom stereocenters. The minimum Gasteiger partial charge on any atom is -0.212 e. The van der Waals surface area contributed by atoms with Crippen molar-refractivity contribution in [2.45, 2.75) is 25.7 Å². The summed E-state index contributed by atoms with van der Waals surface area (Å²) in [5, 5.41) is 0. The topological polar surface area (TPSA) is 37.4 Å². The molecule has 2 rings (SSSR count). The summed E-state index contributed by atoms with van der Waals surface area (Å²) in [5.41, 5.74) is 1.07. The van der Waals surface area contributed by atoms with Crippen molar-refractivity contribution in [3.63, 3.8) is 0 Å². The largest absolute Gasteiger partial charge is 0.214 e. The second-order valence-electron chi connectivity index (χ2n) is 5.40. The van der Waals surface area contributed by atoms with Gasteiger partial charge in [-0.1, -0.05) is 30.3 Å². The van der Waals surface area contributed by atoms with Crippen molar-refractivity contribution < 1.29 is 8.42 Å². The predicted molar refractivity (Wildman–Crippen MR) is 83.6 cm³/mol. The third-order valence-corrected chi connectivity index (χ3v) is 5.94. The Morgan fingerprint density at radius 3 is 2.70 bits per heavy atom. The van der Waals surface area contributed by atoms with E-state index in [0.717, 1.165) is 24.8 Å². The van der Waals surface area contributed by atoms with Gasteiger partial charge in [0.25, 0.3) is 0 Å². The van der Waals surface area contributed by atoms with E-state index in [-0.39, 0.29) is 5.75 Å². The molecular weight excluding hydrogens is 294 g/mol. The third kappa shape index (κ3) is 4.47. The summed E-state index contributed by atoms with van der Waals surface area (Å²) in [6.45, 7) is 1.31. The fraction of sp³-hybridized carbons (Fsp3) is 0.600. The van der Waals surface area contributed by atoms with Gasteiger partial charge in [0.15, 0.2) is 0 Å². The van der Waals surface area contributed by atoms with Crippen LogP contribution in [-0.2, 0) is 16.4 Å². The first-order valence-corrected chi connectivity index (χ1v) is 9.34. The lowest BCUT2D eigenvalue weighted by Crippen LogP contribution is -2.41. The number of nitrogens with zero attached hydrogens (tertiary/aromatic N) is 1. The van der Waals surface area contributed by atoms with Crippen LogP contribution in [0.4, 0.5) is 0 Å². The van der Waals surface area contributed by atoms with E-state index in [1.165, 1.54) is 0 Å². The number of aryl methyl sites for hydroxylation is 1. The molecule has 1 fully saturated rings. The van der Waals surface area contributed by atoms with Gasteiger partial charge in [-0.15, -0.1) is 11.6 Å². The molecule has 1 aromatic rings. The summed E-state index contributed by atoms with van der Waals surface area (Å²) in [7, 11) is -3.14. The minimum atomic E-state index is -3.14. The van der Waals surface area contributed by atoms with Crippen LogP contribution in [0.2, 0.25) is 0 Å². The van der Waals surface area contributed by atoms with Gasteiger partial charge in [-0.3, -0.25) is 0 Å². The SMILES string of the molecule is O=S(=O)(CCc1ccccc1)N1CCCC(CCCl)C1. The van der Waals surface area contributed by atoms with E-state index in [1.807, 2.05) is 30.3 Å². The van der Waals surface area contributed by atoms with Gasteiger partial charge >= 0.3 is 0 Å². The first-order chi connectivity index (χ1) is 9.62. The van der Waals surface area contributed by atoms with Crippen LogP contribution in [0.25, 0.3) is 0 Å². The van der Waals surface area contributed by atoms with E-state index < -0.39 is 10.0 Å². The zero-order valence-corrected chi connectivity index (χ0v) is 13.2. The molecule has 1 aliphatic rings. The average Bonchev–Trinajstić information content (AvgIpc) is 2.47. The Hall–Kier alpha value is -0.580. The molecule has 0 amide bonds. The number of piperidine rings is 1. The van der Waals surface area contributed by atoms with E-state index >= 15 is 0 Å². The van der Waals surface area contributed by atoms with Crippen LogP contribution in [0.5, 0.6) is 0 Å². The van der Waals surface area contributed by atoms with Crippen LogP contribution in [0, 0.1) is 5.92 Å². The van der Waals surface area contributed by atoms with Crippen LogP contribution < -0.4 is 0 Å². The van der Waals surface area contributed by atoms with Crippen LogP contribution in [0.3, 0.4) is 0 Å². The second kappa shape index (κ2) is 7.43. The van der Waals surface area contributed by atoms with Crippen LogP contribution >= 0.6 is 11.6 Å². The molecule has 1 atom stereocenters. The normalized spacial score (nSPS) is 20.9. The highest BCUT2D eigenvalue weighted by atomic mass is 35.5. The zero-order chi connectivity index (χ0) is 14.4. The first-order valence-electron chi connectivity index (χ1n) is 7.19. The number of hydrogen-bond acceptors (Lipinski definition) is 2. The number of benzene rings is 1. The minimum absolute atomic E-state index is 0.199.